The molecular formula is C15H31NO4S. The van der Waals surface area contributed by atoms with Crippen molar-refractivity contribution in [3.8, 4) is 0 Å². The number of ether oxygens (including phenoxy) is 3. The molecule has 1 N–H and O–H groups in total. The number of ketones is 1. The molecule has 0 aromatic carbocycles. The van der Waals surface area contributed by atoms with E-state index in [4.69, 9.17) is 14.2 Å². The van der Waals surface area contributed by atoms with Crippen molar-refractivity contribution in [3.05, 3.63) is 0 Å². The maximum atomic E-state index is 11.3. The molecule has 0 spiro atoms. The van der Waals surface area contributed by atoms with Crippen LogP contribution in [0.1, 0.15) is 27.7 Å². The summed E-state index contributed by atoms with van der Waals surface area (Å²) in [6.45, 7) is 10.7. The van der Waals surface area contributed by atoms with Crippen molar-refractivity contribution < 1.29 is 19.0 Å². The predicted molar refractivity (Wildman–Crippen MR) is 88.2 cm³/mol. The van der Waals surface area contributed by atoms with E-state index in [1.807, 2.05) is 13.8 Å². The monoisotopic (exact) mass is 321 g/mol. The van der Waals surface area contributed by atoms with Crippen molar-refractivity contribution >= 4 is 18.4 Å². The van der Waals surface area contributed by atoms with Gasteiger partial charge in [0.1, 0.15) is 6.61 Å². The van der Waals surface area contributed by atoms with Gasteiger partial charge in [-0.2, -0.15) is 12.6 Å². The van der Waals surface area contributed by atoms with Gasteiger partial charge in [0.25, 0.3) is 0 Å². The Bertz CT molecular complexity index is 262. The molecule has 0 saturated carbocycles. The molecule has 0 bridgehead atoms. The first kappa shape index (κ1) is 20.9. The molecule has 0 heterocycles. The van der Waals surface area contributed by atoms with Gasteiger partial charge in [0, 0.05) is 23.8 Å². The van der Waals surface area contributed by atoms with Gasteiger partial charge in [0.15, 0.2) is 5.78 Å². The quantitative estimate of drug-likeness (QED) is 0.376. The van der Waals surface area contributed by atoms with E-state index < -0.39 is 0 Å². The second-order valence-corrected chi connectivity index (χ2v) is 5.93. The fraction of sp³-hybridized carbons (Fsp3) is 0.933. The van der Waals surface area contributed by atoms with E-state index in [-0.39, 0.29) is 24.3 Å². The first-order valence-corrected chi connectivity index (χ1v) is 8.23. The van der Waals surface area contributed by atoms with Crippen LogP contribution in [0.25, 0.3) is 0 Å². The van der Waals surface area contributed by atoms with Gasteiger partial charge >= 0.3 is 0 Å². The van der Waals surface area contributed by atoms with Gasteiger partial charge in [0.2, 0.25) is 0 Å². The summed E-state index contributed by atoms with van der Waals surface area (Å²) >= 11 is 4.29. The third-order valence-electron chi connectivity index (χ3n) is 2.74. The number of hydrogen-bond donors (Lipinski definition) is 2. The Hall–Kier alpha value is -0.140. The van der Waals surface area contributed by atoms with Gasteiger partial charge in [-0.25, -0.2) is 0 Å². The Morgan fingerprint density at radius 1 is 1.00 bits per heavy atom. The lowest BCUT2D eigenvalue weighted by Crippen LogP contribution is -2.39. The van der Waals surface area contributed by atoms with Crippen molar-refractivity contribution in [3.63, 3.8) is 0 Å². The minimum absolute atomic E-state index is 0.0264. The van der Waals surface area contributed by atoms with E-state index in [9.17, 15) is 4.79 Å². The minimum atomic E-state index is 0.0264. The van der Waals surface area contributed by atoms with Crippen LogP contribution in [0.5, 0.6) is 0 Å². The van der Waals surface area contributed by atoms with Crippen LogP contribution >= 0.6 is 12.6 Å². The highest BCUT2D eigenvalue weighted by molar-refractivity contribution is 7.80. The maximum Gasteiger partial charge on any atom is 0.160 e. The third kappa shape index (κ3) is 13.3. The molecular weight excluding hydrogens is 290 g/mol. The Balaban J connectivity index is 3.34. The van der Waals surface area contributed by atoms with E-state index in [0.29, 0.717) is 39.1 Å². The van der Waals surface area contributed by atoms with Crippen LogP contribution in [-0.2, 0) is 19.0 Å². The Morgan fingerprint density at radius 3 is 2.10 bits per heavy atom. The number of thiol groups is 1. The number of carbonyl (C=O) groups is 1. The van der Waals surface area contributed by atoms with E-state index in [0.717, 1.165) is 5.75 Å². The molecule has 0 aromatic rings. The van der Waals surface area contributed by atoms with Gasteiger partial charge in [-0.15, -0.1) is 0 Å². The molecule has 126 valence electrons. The van der Waals surface area contributed by atoms with Crippen LogP contribution in [0.3, 0.4) is 0 Å². The van der Waals surface area contributed by atoms with Gasteiger partial charge < -0.3 is 19.5 Å². The highest BCUT2D eigenvalue weighted by atomic mass is 32.1. The standard InChI is InChI=1S/C15H31NO4S/c1-12(2)15(17)10-20-8-6-18-5-7-19-9-14(11-21)16-13(3)4/h12-14,16,21H,5-11H2,1-4H3. The van der Waals surface area contributed by atoms with Gasteiger partial charge in [0.05, 0.1) is 33.0 Å². The summed E-state index contributed by atoms with van der Waals surface area (Å²) in [5, 5.41) is 3.37. The zero-order valence-electron chi connectivity index (χ0n) is 13.8. The van der Waals surface area contributed by atoms with Crippen LogP contribution in [0.4, 0.5) is 0 Å². The van der Waals surface area contributed by atoms with Gasteiger partial charge in [-0.05, 0) is 0 Å². The van der Waals surface area contributed by atoms with Crippen molar-refractivity contribution in [1.82, 2.24) is 5.32 Å². The molecule has 0 rings (SSSR count). The average Bonchev–Trinajstić information content (AvgIpc) is 2.43. The molecule has 0 aliphatic carbocycles. The second kappa shape index (κ2) is 13.5. The summed E-state index contributed by atoms with van der Waals surface area (Å²) in [7, 11) is 0. The maximum absolute atomic E-state index is 11.3. The molecule has 21 heavy (non-hydrogen) atoms. The van der Waals surface area contributed by atoms with Crippen molar-refractivity contribution in [2.45, 2.75) is 39.8 Å². The number of hydrogen-bond acceptors (Lipinski definition) is 6. The van der Waals surface area contributed by atoms with Crippen LogP contribution in [-0.4, -0.2) is 63.3 Å². The van der Waals surface area contributed by atoms with E-state index >= 15 is 0 Å². The summed E-state index contributed by atoms with van der Waals surface area (Å²) in [5.41, 5.74) is 0. The summed E-state index contributed by atoms with van der Waals surface area (Å²) < 4.78 is 16.1. The van der Waals surface area contributed by atoms with Crippen LogP contribution in [0.2, 0.25) is 0 Å². The lowest BCUT2D eigenvalue weighted by Gasteiger charge is -2.19. The molecule has 1 atom stereocenters. The fourth-order valence-corrected chi connectivity index (χ4v) is 1.74. The topological polar surface area (TPSA) is 56.8 Å². The molecule has 0 fully saturated rings. The summed E-state index contributed by atoms with van der Waals surface area (Å²) in [4.78, 5) is 11.3. The van der Waals surface area contributed by atoms with Crippen molar-refractivity contribution in [1.29, 1.82) is 0 Å². The number of nitrogens with one attached hydrogen (secondary N) is 1. The van der Waals surface area contributed by atoms with E-state index in [1.165, 1.54) is 0 Å². The van der Waals surface area contributed by atoms with E-state index in [1.54, 1.807) is 0 Å². The third-order valence-corrected chi connectivity index (χ3v) is 3.18. The SMILES string of the molecule is CC(C)NC(CS)COCCOCCOCC(=O)C(C)C. The largest absolute Gasteiger partial charge is 0.377 e. The Labute approximate surface area is 134 Å². The lowest BCUT2D eigenvalue weighted by atomic mass is 10.1. The molecule has 0 aliphatic heterocycles. The number of carbonyl (C=O) groups excluding carboxylic acids is 1. The summed E-state index contributed by atoms with van der Waals surface area (Å²) in [6.07, 6.45) is 0. The van der Waals surface area contributed by atoms with E-state index in [2.05, 4.69) is 31.8 Å². The Kier molecular flexibility index (Phi) is 13.4. The average molecular weight is 321 g/mol. The number of Topliss-reactive ketones (excluding diaryl/α,β-unsaturated/α-hetero) is 1. The predicted octanol–water partition coefficient (Wildman–Crippen LogP) is 1.56. The smallest absolute Gasteiger partial charge is 0.160 e. The van der Waals surface area contributed by atoms with Crippen LogP contribution in [0, 0.1) is 5.92 Å². The fourth-order valence-electron chi connectivity index (χ4n) is 1.53. The zero-order valence-corrected chi connectivity index (χ0v) is 14.7. The Morgan fingerprint density at radius 2 is 1.57 bits per heavy atom. The zero-order chi connectivity index (χ0) is 16.1. The first-order valence-electron chi connectivity index (χ1n) is 7.60. The number of rotatable bonds is 14. The van der Waals surface area contributed by atoms with Crippen LogP contribution < -0.4 is 5.32 Å². The highest BCUT2D eigenvalue weighted by Crippen LogP contribution is 1.95. The highest BCUT2D eigenvalue weighted by Gasteiger charge is 2.08. The summed E-state index contributed by atoms with van der Waals surface area (Å²) in [6, 6.07) is 0.686. The van der Waals surface area contributed by atoms with Gasteiger partial charge in [-0.3, -0.25) is 4.79 Å². The molecule has 0 aliphatic rings. The summed E-state index contributed by atoms with van der Waals surface area (Å²) in [5.74, 6) is 0.892. The second-order valence-electron chi connectivity index (χ2n) is 5.56. The van der Waals surface area contributed by atoms with Crippen molar-refractivity contribution in [2.24, 2.45) is 5.92 Å². The van der Waals surface area contributed by atoms with Crippen molar-refractivity contribution in [2.75, 3.05) is 45.4 Å². The van der Waals surface area contributed by atoms with Gasteiger partial charge in [-0.1, -0.05) is 27.7 Å². The van der Waals surface area contributed by atoms with Crippen LogP contribution in [0.15, 0.2) is 0 Å². The molecule has 0 aromatic heterocycles. The minimum Gasteiger partial charge on any atom is -0.377 e. The molecule has 1 unspecified atom stereocenters. The molecule has 5 nitrogen and oxygen atoms in total. The molecule has 6 heteroatoms. The first-order chi connectivity index (χ1) is 9.97. The molecule has 0 saturated heterocycles. The molecule has 0 amide bonds. The molecule has 0 radical (unpaired) electrons. The normalized spacial score (nSPS) is 13.1. The lowest BCUT2D eigenvalue weighted by molar-refractivity contribution is -0.127.